The lowest BCUT2D eigenvalue weighted by Gasteiger charge is -2.23. The molecule has 3 N–H and O–H groups in total. The molecule has 1 aromatic rings. The van der Waals surface area contributed by atoms with Crippen LogP contribution in [0.2, 0.25) is 0 Å². The molecule has 2 aliphatic heterocycles. The maximum absolute atomic E-state index is 12.0. The molecule has 0 radical (unpaired) electrons. The highest BCUT2D eigenvalue weighted by Gasteiger charge is 2.21. The number of carbonyl (C=O) groups is 2. The van der Waals surface area contributed by atoms with E-state index in [1.54, 1.807) is 17.0 Å². The molecule has 1 atom stereocenters. The zero-order valence-electron chi connectivity index (χ0n) is 15.8. The van der Waals surface area contributed by atoms with Gasteiger partial charge in [-0.15, -0.1) is 0 Å². The maximum Gasteiger partial charge on any atom is 0.319 e. The van der Waals surface area contributed by atoms with E-state index in [0.717, 1.165) is 31.7 Å². The first kappa shape index (κ1) is 19.6. The minimum Gasteiger partial charge on any atom is -0.390 e. The Hall–Kier alpha value is -2.12. The van der Waals surface area contributed by atoms with Crippen molar-refractivity contribution in [1.29, 1.82) is 0 Å². The third kappa shape index (κ3) is 5.94. The van der Waals surface area contributed by atoms with Crippen LogP contribution >= 0.6 is 0 Å². The number of likely N-dealkylation sites (tertiary alicyclic amines) is 1. The quantitative estimate of drug-likeness (QED) is 0.712. The van der Waals surface area contributed by atoms with Gasteiger partial charge in [-0.25, -0.2) is 4.79 Å². The zero-order chi connectivity index (χ0) is 19.1. The topological polar surface area (TPSA) is 84.9 Å². The van der Waals surface area contributed by atoms with Crippen molar-refractivity contribution < 1.29 is 14.7 Å². The van der Waals surface area contributed by atoms with Gasteiger partial charge in [-0.1, -0.05) is 12.8 Å². The highest BCUT2D eigenvalue weighted by atomic mass is 16.3. The van der Waals surface area contributed by atoms with Gasteiger partial charge in [0.05, 0.1) is 6.10 Å². The summed E-state index contributed by atoms with van der Waals surface area (Å²) < 4.78 is 0. The maximum atomic E-state index is 12.0. The van der Waals surface area contributed by atoms with Crippen LogP contribution in [0.1, 0.15) is 38.5 Å². The first-order valence-electron chi connectivity index (χ1n) is 9.97. The number of urea groups is 1. The number of nitrogens with one attached hydrogen (secondary N) is 2. The molecule has 3 amide bonds. The Morgan fingerprint density at radius 2 is 1.74 bits per heavy atom. The molecule has 7 nitrogen and oxygen atoms in total. The van der Waals surface area contributed by atoms with Crippen LogP contribution in [-0.2, 0) is 4.79 Å². The molecule has 0 aromatic heterocycles. The summed E-state index contributed by atoms with van der Waals surface area (Å²) in [5.74, 6) is 0.145. The second-order valence-corrected chi connectivity index (χ2v) is 7.40. The normalized spacial score (nSPS) is 19.6. The number of β-amino-alcohol motifs (C(OH)–C–C–N with tert-alkyl or cyclic N) is 1. The van der Waals surface area contributed by atoms with E-state index in [9.17, 15) is 14.7 Å². The number of aliphatic hydroxyl groups is 1. The van der Waals surface area contributed by atoms with Crippen LogP contribution in [0.4, 0.5) is 16.2 Å². The van der Waals surface area contributed by atoms with E-state index in [1.165, 1.54) is 25.7 Å². The Bertz CT molecular complexity index is 627. The number of hydrogen-bond acceptors (Lipinski definition) is 4. The molecule has 2 heterocycles. The lowest BCUT2D eigenvalue weighted by atomic mass is 10.2. The summed E-state index contributed by atoms with van der Waals surface area (Å²) in [6, 6.07) is 6.91. The van der Waals surface area contributed by atoms with Crippen LogP contribution in [0, 0.1) is 0 Å². The summed E-state index contributed by atoms with van der Waals surface area (Å²) in [4.78, 5) is 27.9. The first-order valence-corrected chi connectivity index (χ1v) is 9.97. The molecule has 1 aromatic carbocycles. The number of carbonyl (C=O) groups excluding carboxylic acids is 2. The Morgan fingerprint density at radius 1 is 1.04 bits per heavy atom. The lowest BCUT2D eigenvalue weighted by molar-refractivity contribution is -0.117. The Labute approximate surface area is 160 Å². The van der Waals surface area contributed by atoms with Crippen molar-refractivity contribution in [2.75, 3.05) is 42.9 Å². The fourth-order valence-corrected chi connectivity index (χ4v) is 3.71. The Kier molecular flexibility index (Phi) is 7.06. The van der Waals surface area contributed by atoms with Gasteiger partial charge in [0, 0.05) is 37.4 Å². The molecular formula is C20H30N4O3. The molecule has 2 aliphatic rings. The third-order valence-electron chi connectivity index (χ3n) is 5.18. The number of hydrogen-bond donors (Lipinski definition) is 3. The van der Waals surface area contributed by atoms with Crippen molar-refractivity contribution in [3.63, 3.8) is 0 Å². The summed E-state index contributed by atoms with van der Waals surface area (Å²) in [7, 11) is 0. The number of nitrogens with zero attached hydrogens (tertiary/aromatic N) is 2. The second kappa shape index (κ2) is 9.71. The van der Waals surface area contributed by atoms with Crippen molar-refractivity contribution >= 4 is 23.3 Å². The van der Waals surface area contributed by atoms with E-state index in [2.05, 4.69) is 15.5 Å². The van der Waals surface area contributed by atoms with Gasteiger partial charge < -0.3 is 25.5 Å². The molecule has 0 bridgehead atoms. The summed E-state index contributed by atoms with van der Waals surface area (Å²) >= 11 is 0. The average Bonchev–Trinajstić information content (AvgIpc) is 2.92. The van der Waals surface area contributed by atoms with Crippen molar-refractivity contribution in [2.24, 2.45) is 0 Å². The summed E-state index contributed by atoms with van der Waals surface area (Å²) in [6.45, 7) is 3.62. The van der Waals surface area contributed by atoms with Gasteiger partial charge in [-0.2, -0.15) is 0 Å². The minimum atomic E-state index is -0.572. The second-order valence-electron chi connectivity index (χ2n) is 7.40. The van der Waals surface area contributed by atoms with Crippen molar-refractivity contribution in [3.8, 4) is 0 Å². The van der Waals surface area contributed by atoms with Gasteiger partial charge in [0.15, 0.2) is 0 Å². The Morgan fingerprint density at radius 3 is 2.37 bits per heavy atom. The largest absolute Gasteiger partial charge is 0.390 e. The molecule has 148 valence electrons. The number of rotatable bonds is 6. The van der Waals surface area contributed by atoms with E-state index < -0.39 is 6.10 Å². The van der Waals surface area contributed by atoms with Crippen LogP contribution in [0.3, 0.4) is 0 Å². The Balaban J connectivity index is 1.40. The number of benzene rings is 1. The highest BCUT2D eigenvalue weighted by Crippen LogP contribution is 2.22. The highest BCUT2D eigenvalue weighted by molar-refractivity contribution is 5.96. The van der Waals surface area contributed by atoms with Gasteiger partial charge in [0.25, 0.3) is 0 Å². The van der Waals surface area contributed by atoms with Crippen LogP contribution in [0.15, 0.2) is 24.3 Å². The predicted molar refractivity (Wildman–Crippen MR) is 106 cm³/mol. The van der Waals surface area contributed by atoms with E-state index >= 15 is 0 Å². The van der Waals surface area contributed by atoms with Crippen molar-refractivity contribution in [3.05, 3.63) is 24.3 Å². The molecule has 0 unspecified atom stereocenters. The van der Waals surface area contributed by atoms with Crippen LogP contribution < -0.4 is 15.5 Å². The van der Waals surface area contributed by atoms with E-state index in [0.29, 0.717) is 18.7 Å². The minimum absolute atomic E-state index is 0.145. The van der Waals surface area contributed by atoms with Crippen LogP contribution in [-0.4, -0.2) is 60.8 Å². The van der Waals surface area contributed by atoms with Gasteiger partial charge in [-0.3, -0.25) is 4.79 Å². The summed E-state index contributed by atoms with van der Waals surface area (Å²) in [5, 5.41) is 15.7. The first-order chi connectivity index (χ1) is 13.1. The fourth-order valence-electron chi connectivity index (χ4n) is 3.71. The molecule has 0 spiro atoms. The standard InChI is InChI=1S/C20H30N4O3/c25-18(15-23-11-3-1-2-4-12-23)14-21-20(27)22-16-7-9-17(10-8-16)24-13-5-6-19(24)26/h7-10,18,25H,1-6,11-15H2,(H2,21,22,27)/t18-/m1/s1. The monoisotopic (exact) mass is 374 g/mol. The lowest BCUT2D eigenvalue weighted by Crippen LogP contribution is -2.41. The van der Waals surface area contributed by atoms with Crippen molar-refractivity contribution in [1.82, 2.24) is 10.2 Å². The van der Waals surface area contributed by atoms with E-state index in [-0.39, 0.29) is 18.5 Å². The molecule has 0 saturated carbocycles. The van der Waals surface area contributed by atoms with Gasteiger partial charge >= 0.3 is 6.03 Å². The van der Waals surface area contributed by atoms with Crippen LogP contribution in [0.25, 0.3) is 0 Å². The number of amides is 3. The SMILES string of the molecule is O=C(NC[C@@H](O)CN1CCCCCC1)Nc1ccc(N2CCCC2=O)cc1. The summed E-state index contributed by atoms with van der Waals surface area (Å²) in [6.07, 6.45) is 5.80. The number of anilines is 2. The van der Waals surface area contributed by atoms with E-state index in [1.807, 2.05) is 12.1 Å². The van der Waals surface area contributed by atoms with Gasteiger partial charge in [0.1, 0.15) is 0 Å². The van der Waals surface area contributed by atoms with E-state index in [4.69, 9.17) is 0 Å². The summed E-state index contributed by atoms with van der Waals surface area (Å²) in [5.41, 5.74) is 1.52. The molecule has 0 aliphatic carbocycles. The van der Waals surface area contributed by atoms with Crippen molar-refractivity contribution in [2.45, 2.75) is 44.6 Å². The van der Waals surface area contributed by atoms with Crippen LogP contribution in [0.5, 0.6) is 0 Å². The fraction of sp³-hybridized carbons (Fsp3) is 0.600. The number of aliphatic hydroxyl groups excluding tert-OH is 1. The molecule has 7 heteroatoms. The van der Waals surface area contributed by atoms with Gasteiger partial charge in [-0.05, 0) is 56.6 Å². The molecule has 3 rings (SSSR count). The third-order valence-corrected chi connectivity index (χ3v) is 5.18. The molecule has 2 saturated heterocycles. The van der Waals surface area contributed by atoms with Gasteiger partial charge in [0.2, 0.25) is 5.91 Å². The molecule has 2 fully saturated rings. The molecular weight excluding hydrogens is 344 g/mol. The smallest absolute Gasteiger partial charge is 0.319 e. The average molecular weight is 374 g/mol. The predicted octanol–water partition coefficient (Wildman–Crippen LogP) is 2.17. The zero-order valence-corrected chi connectivity index (χ0v) is 15.8. The molecule has 27 heavy (non-hydrogen) atoms.